The SMILES string of the molecule is NOCCC(CC(=O)O)=C(Oc1ncc[nH]1)C1CCCCC1. The summed E-state index contributed by atoms with van der Waals surface area (Å²) in [7, 11) is 0. The summed E-state index contributed by atoms with van der Waals surface area (Å²) in [5.74, 6) is 5.15. The molecule has 1 fully saturated rings. The molecule has 7 nitrogen and oxygen atoms in total. The van der Waals surface area contributed by atoms with Crippen LogP contribution in [0.15, 0.2) is 23.7 Å². The second-order valence-corrected chi connectivity index (χ2v) is 5.49. The average molecular weight is 309 g/mol. The number of nitrogens with two attached hydrogens (primary N) is 1. The molecule has 0 radical (unpaired) electrons. The first-order valence-corrected chi connectivity index (χ1v) is 7.63. The monoisotopic (exact) mass is 309 g/mol. The Labute approximate surface area is 129 Å². The Bertz CT molecular complexity index is 493. The lowest BCUT2D eigenvalue weighted by Gasteiger charge is -2.26. The van der Waals surface area contributed by atoms with E-state index < -0.39 is 5.97 Å². The highest BCUT2D eigenvalue weighted by Gasteiger charge is 2.25. The summed E-state index contributed by atoms with van der Waals surface area (Å²) in [6, 6.07) is 0.386. The molecule has 22 heavy (non-hydrogen) atoms. The number of hydrogen-bond acceptors (Lipinski definition) is 5. The van der Waals surface area contributed by atoms with E-state index in [0.717, 1.165) is 31.3 Å². The molecule has 0 unspecified atom stereocenters. The molecule has 0 bridgehead atoms. The van der Waals surface area contributed by atoms with Crippen LogP contribution in [0.2, 0.25) is 0 Å². The number of aromatic amines is 1. The van der Waals surface area contributed by atoms with Gasteiger partial charge in [0.2, 0.25) is 0 Å². The van der Waals surface area contributed by atoms with Crippen LogP contribution in [0.1, 0.15) is 44.9 Å². The molecule has 7 heteroatoms. The summed E-state index contributed by atoms with van der Waals surface area (Å²) in [4.78, 5) is 22.8. The van der Waals surface area contributed by atoms with Crippen molar-refractivity contribution in [2.75, 3.05) is 6.61 Å². The molecular weight excluding hydrogens is 286 g/mol. The molecule has 122 valence electrons. The highest BCUT2D eigenvalue weighted by Crippen LogP contribution is 2.34. The summed E-state index contributed by atoms with van der Waals surface area (Å²) in [5, 5.41) is 9.17. The Balaban J connectivity index is 2.26. The summed E-state index contributed by atoms with van der Waals surface area (Å²) < 4.78 is 5.91. The Morgan fingerprint density at radius 2 is 2.18 bits per heavy atom. The van der Waals surface area contributed by atoms with Gasteiger partial charge in [-0.3, -0.25) is 4.79 Å². The number of nitrogens with one attached hydrogen (secondary N) is 1. The third-order valence-corrected chi connectivity index (χ3v) is 3.89. The molecule has 0 aliphatic heterocycles. The topological polar surface area (TPSA) is 110 Å². The molecule has 1 saturated carbocycles. The summed E-state index contributed by atoms with van der Waals surface area (Å²) in [6.45, 7) is 0.264. The van der Waals surface area contributed by atoms with Crippen LogP contribution in [0, 0.1) is 5.92 Å². The largest absolute Gasteiger partial charge is 0.481 e. The molecule has 1 aliphatic carbocycles. The van der Waals surface area contributed by atoms with Gasteiger partial charge in [0.15, 0.2) is 0 Å². The van der Waals surface area contributed by atoms with E-state index in [1.807, 2.05) is 0 Å². The molecule has 0 atom stereocenters. The van der Waals surface area contributed by atoms with Crippen molar-refractivity contribution in [3.8, 4) is 6.01 Å². The van der Waals surface area contributed by atoms with Crippen LogP contribution in [0.3, 0.4) is 0 Å². The van der Waals surface area contributed by atoms with Gasteiger partial charge in [-0.15, -0.1) is 0 Å². The number of carboxylic acid groups (broad SMARTS) is 1. The smallest absolute Gasteiger partial charge is 0.307 e. The molecule has 2 rings (SSSR count). The molecule has 1 aliphatic rings. The van der Waals surface area contributed by atoms with Crippen molar-refractivity contribution in [1.29, 1.82) is 0 Å². The van der Waals surface area contributed by atoms with Gasteiger partial charge in [0, 0.05) is 18.3 Å². The number of H-pyrrole nitrogens is 1. The van der Waals surface area contributed by atoms with Gasteiger partial charge >= 0.3 is 5.97 Å². The fourth-order valence-corrected chi connectivity index (χ4v) is 2.88. The zero-order chi connectivity index (χ0) is 15.8. The Kier molecular flexibility index (Phi) is 6.42. The third kappa shape index (κ3) is 4.85. The average Bonchev–Trinajstić information content (AvgIpc) is 3.03. The van der Waals surface area contributed by atoms with Crippen molar-refractivity contribution in [3.05, 3.63) is 23.7 Å². The molecule has 0 spiro atoms. The van der Waals surface area contributed by atoms with Crippen LogP contribution in [0.25, 0.3) is 0 Å². The summed E-state index contributed by atoms with van der Waals surface area (Å²) >= 11 is 0. The second kappa shape index (κ2) is 8.55. The summed E-state index contributed by atoms with van der Waals surface area (Å²) in [6.07, 6.45) is 9.12. The molecule has 0 aromatic carbocycles. The molecule has 1 heterocycles. The lowest BCUT2D eigenvalue weighted by atomic mass is 9.85. The number of hydrogen-bond donors (Lipinski definition) is 3. The Morgan fingerprint density at radius 1 is 1.41 bits per heavy atom. The number of allylic oxidation sites excluding steroid dienone is 1. The van der Waals surface area contributed by atoms with E-state index in [9.17, 15) is 9.90 Å². The standard InChI is InChI=1S/C15H23N3O4/c16-21-9-6-12(10-13(19)20)14(11-4-2-1-3-5-11)22-15-17-7-8-18-15/h7-8,11H,1-6,9-10,16H2,(H,17,18)(H,19,20). The summed E-state index contributed by atoms with van der Waals surface area (Å²) in [5.41, 5.74) is 0.723. The normalized spacial score (nSPS) is 17.1. The number of aliphatic carboxylic acids is 1. The number of imidazole rings is 1. The van der Waals surface area contributed by atoms with Crippen LogP contribution in [-0.4, -0.2) is 27.7 Å². The van der Waals surface area contributed by atoms with Crippen molar-refractivity contribution in [3.63, 3.8) is 0 Å². The number of carbonyl (C=O) groups is 1. The van der Waals surface area contributed by atoms with E-state index in [-0.39, 0.29) is 18.9 Å². The maximum Gasteiger partial charge on any atom is 0.307 e. The Morgan fingerprint density at radius 3 is 2.77 bits per heavy atom. The zero-order valence-electron chi connectivity index (χ0n) is 12.6. The fourth-order valence-electron chi connectivity index (χ4n) is 2.88. The Hall–Kier alpha value is -1.86. The van der Waals surface area contributed by atoms with E-state index in [0.29, 0.717) is 18.2 Å². The van der Waals surface area contributed by atoms with Gasteiger partial charge in [-0.25, -0.2) is 10.9 Å². The van der Waals surface area contributed by atoms with Crippen molar-refractivity contribution >= 4 is 5.97 Å². The number of nitrogens with zero attached hydrogens (tertiary/aromatic N) is 1. The van der Waals surface area contributed by atoms with Crippen molar-refractivity contribution in [1.82, 2.24) is 9.97 Å². The van der Waals surface area contributed by atoms with Crippen molar-refractivity contribution in [2.45, 2.75) is 44.9 Å². The number of aromatic nitrogens is 2. The van der Waals surface area contributed by atoms with Crippen molar-refractivity contribution < 1.29 is 19.5 Å². The van der Waals surface area contributed by atoms with Gasteiger partial charge in [0.25, 0.3) is 6.01 Å². The molecule has 1 aromatic heterocycles. The van der Waals surface area contributed by atoms with E-state index in [1.165, 1.54) is 6.42 Å². The lowest BCUT2D eigenvalue weighted by molar-refractivity contribution is -0.136. The van der Waals surface area contributed by atoms with Gasteiger partial charge in [-0.1, -0.05) is 19.3 Å². The molecule has 4 N–H and O–H groups in total. The maximum absolute atomic E-state index is 11.2. The minimum absolute atomic E-state index is 0.0735. The van der Waals surface area contributed by atoms with Crippen LogP contribution in [-0.2, 0) is 9.63 Å². The van der Waals surface area contributed by atoms with Crippen molar-refractivity contribution in [2.24, 2.45) is 11.8 Å². The first kappa shape index (κ1) is 16.5. The van der Waals surface area contributed by atoms with E-state index in [2.05, 4.69) is 14.8 Å². The lowest BCUT2D eigenvalue weighted by Crippen LogP contribution is -2.18. The predicted octanol–water partition coefficient (Wildman–Crippen LogP) is 2.38. The van der Waals surface area contributed by atoms with Gasteiger partial charge in [0.05, 0.1) is 13.0 Å². The quantitative estimate of drug-likeness (QED) is 0.502. The number of carboxylic acids is 1. The maximum atomic E-state index is 11.2. The molecule has 0 amide bonds. The van der Waals surface area contributed by atoms with Gasteiger partial charge in [-0.2, -0.15) is 0 Å². The number of ether oxygens (including phenoxy) is 1. The predicted molar refractivity (Wildman–Crippen MR) is 79.8 cm³/mol. The van der Waals surface area contributed by atoms with Crippen LogP contribution in [0.4, 0.5) is 0 Å². The van der Waals surface area contributed by atoms with Crippen LogP contribution in [0.5, 0.6) is 6.01 Å². The van der Waals surface area contributed by atoms with E-state index in [4.69, 9.17) is 10.6 Å². The molecular formula is C15H23N3O4. The van der Waals surface area contributed by atoms with Gasteiger partial charge in [-0.05, 0) is 24.8 Å². The highest BCUT2D eigenvalue weighted by molar-refractivity contribution is 5.70. The first-order valence-electron chi connectivity index (χ1n) is 7.63. The minimum Gasteiger partial charge on any atom is -0.481 e. The first-order chi connectivity index (χ1) is 10.7. The fraction of sp³-hybridized carbons (Fsp3) is 0.600. The van der Waals surface area contributed by atoms with Crippen LogP contribution >= 0.6 is 0 Å². The van der Waals surface area contributed by atoms with Crippen LogP contribution < -0.4 is 10.6 Å². The number of rotatable bonds is 8. The molecule has 0 saturated heterocycles. The molecule has 1 aromatic rings. The zero-order valence-corrected chi connectivity index (χ0v) is 12.6. The van der Waals surface area contributed by atoms with E-state index in [1.54, 1.807) is 12.4 Å². The minimum atomic E-state index is -0.886. The van der Waals surface area contributed by atoms with E-state index >= 15 is 0 Å². The highest BCUT2D eigenvalue weighted by atomic mass is 16.6. The van der Waals surface area contributed by atoms with Gasteiger partial charge in [0.1, 0.15) is 5.76 Å². The second-order valence-electron chi connectivity index (χ2n) is 5.49. The van der Waals surface area contributed by atoms with Gasteiger partial charge < -0.3 is 19.7 Å². The third-order valence-electron chi connectivity index (χ3n) is 3.89.